The van der Waals surface area contributed by atoms with E-state index >= 15 is 0 Å². The van der Waals surface area contributed by atoms with Crippen LogP contribution in [0.4, 0.5) is 13.2 Å². The zero-order chi connectivity index (χ0) is 12.9. The minimum absolute atomic E-state index is 0.125. The molecule has 0 spiro atoms. The van der Waals surface area contributed by atoms with Crippen LogP contribution in [0.2, 0.25) is 0 Å². The van der Waals surface area contributed by atoms with Crippen LogP contribution in [-0.4, -0.2) is 17.2 Å². The van der Waals surface area contributed by atoms with Gasteiger partial charge in [0.1, 0.15) is 0 Å². The number of hydrogen-bond donors (Lipinski definition) is 1. The Balaban J connectivity index is 2.26. The quantitative estimate of drug-likeness (QED) is 0.895. The summed E-state index contributed by atoms with van der Waals surface area (Å²) in [7, 11) is 0. The van der Waals surface area contributed by atoms with E-state index in [1.54, 1.807) is 6.92 Å². The molecule has 96 valence electrons. The number of thiophene rings is 1. The smallest absolute Gasteiger partial charge is 0.349 e. The third-order valence-corrected chi connectivity index (χ3v) is 3.73. The first-order chi connectivity index (χ1) is 7.88. The molecule has 1 aromatic rings. The molecule has 0 aliphatic rings. The summed E-state index contributed by atoms with van der Waals surface area (Å²) in [5.74, 6) is -0.602. The average molecular weight is 283 g/mol. The maximum absolute atomic E-state index is 11.8. The van der Waals surface area contributed by atoms with Gasteiger partial charge in [-0.05, 0) is 18.4 Å². The van der Waals surface area contributed by atoms with Gasteiger partial charge in [-0.3, -0.25) is 4.79 Å². The second kappa shape index (κ2) is 6.30. The molecular weight excluding hydrogens is 271 g/mol. The fourth-order valence-electron chi connectivity index (χ4n) is 1.18. The van der Waals surface area contributed by atoms with Gasteiger partial charge in [0.15, 0.2) is 0 Å². The lowest BCUT2D eigenvalue weighted by atomic mass is 10.2. The number of carbonyl (C=O) groups excluding carboxylic acids is 1. The zero-order valence-corrected chi connectivity index (χ0v) is 10.7. The van der Waals surface area contributed by atoms with Crippen molar-refractivity contribution in [3.8, 4) is 0 Å². The molecule has 1 N–H and O–H groups in total. The number of rotatable bonds is 5. The van der Waals surface area contributed by atoms with Gasteiger partial charge in [-0.15, -0.1) is 11.3 Å². The third kappa shape index (κ3) is 5.97. The van der Waals surface area contributed by atoms with Crippen LogP contribution in [0.15, 0.2) is 17.5 Å². The predicted molar refractivity (Wildman–Crippen MR) is 64.0 cm³/mol. The van der Waals surface area contributed by atoms with Crippen LogP contribution in [0.1, 0.15) is 24.3 Å². The Morgan fingerprint density at radius 3 is 2.82 bits per heavy atom. The molecule has 2 nitrogen and oxygen atoms in total. The van der Waals surface area contributed by atoms with Gasteiger partial charge in [-0.1, -0.05) is 17.8 Å². The molecule has 1 atom stereocenters. The van der Waals surface area contributed by atoms with Crippen LogP contribution in [0.25, 0.3) is 0 Å². The zero-order valence-electron chi connectivity index (χ0n) is 9.08. The van der Waals surface area contributed by atoms with Gasteiger partial charge >= 0.3 is 5.51 Å². The maximum atomic E-state index is 11.8. The van der Waals surface area contributed by atoms with E-state index in [1.165, 1.54) is 11.3 Å². The summed E-state index contributed by atoms with van der Waals surface area (Å²) in [5.41, 5.74) is -4.26. The van der Waals surface area contributed by atoms with E-state index in [-0.39, 0.29) is 35.9 Å². The Morgan fingerprint density at radius 2 is 2.29 bits per heavy atom. The lowest BCUT2D eigenvalue weighted by Gasteiger charge is -2.12. The van der Waals surface area contributed by atoms with Crippen molar-refractivity contribution in [2.45, 2.75) is 24.9 Å². The summed E-state index contributed by atoms with van der Waals surface area (Å²) in [6.07, 6.45) is -0.125. The number of thioether (sulfide) groups is 1. The predicted octanol–water partition coefficient (Wildman–Crippen LogP) is 3.57. The lowest BCUT2D eigenvalue weighted by molar-refractivity contribution is -0.121. The molecule has 1 aromatic heterocycles. The fraction of sp³-hybridized carbons (Fsp3) is 0.500. The highest BCUT2D eigenvalue weighted by Crippen LogP contribution is 2.30. The van der Waals surface area contributed by atoms with Crippen molar-refractivity contribution in [1.82, 2.24) is 5.32 Å². The molecule has 7 heteroatoms. The molecule has 0 aliphatic carbocycles. The van der Waals surface area contributed by atoms with Crippen molar-refractivity contribution in [3.05, 3.63) is 22.4 Å². The molecular formula is C10H12F3NOS2. The van der Waals surface area contributed by atoms with Gasteiger partial charge in [-0.25, -0.2) is 0 Å². The monoisotopic (exact) mass is 283 g/mol. The minimum atomic E-state index is -4.26. The van der Waals surface area contributed by atoms with E-state index in [4.69, 9.17) is 0 Å². The van der Waals surface area contributed by atoms with Crippen LogP contribution in [0, 0.1) is 0 Å². The number of alkyl halides is 3. The number of amides is 1. The van der Waals surface area contributed by atoms with E-state index in [2.05, 4.69) is 5.32 Å². The highest BCUT2D eigenvalue weighted by atomic mass is 32.2. The van der Waals surface area contributed by atoms with Gasteiger partial charge < -0.3 is 5.32 Å². The maximum Gasteiger partial charge on any atom is 0.441 e. The van der Waals surface area contributed by atoms with Crippen molar-refractivity contribution in [3.63, 3.8) is 0 Å². The number of nitrogens with one attached hydrogen (secondary N) is 1. The second-order valence-electron chi connectivity index (χ2n) is 3.35. The van der Waals surface area contributed by atoms with Crippen molar-refractivity contribution >= 4 is 29.0 Å². The topological polar surface area (TPSA) is 29.1 Å². The molecule has 0 aliphatic heterocycles. The van der Waals surface area contributed by atoms with Crippen molar-refractivity contribution < 1.29 is 18.0 Å². The minimum Gasteiger partial charge on any atom is -0.349 e. The molecule has 0 bridgehead atoms. The molecule has 0 aromatic carbocycles. The second-order valence-corrected chi connectivity index (χ2v) is 5.49. The number of carbonyl (C=O) groups is 1. The fourth-order valence-corrected chi connectivity index (χ4v) is 2.44. The Morgan fingerprint density at radius 1 is 1.59 bits per heavy atom. The standard InChI is InChI=1S/C10H12F3NOS2/c1-7(8-3-2-5-16-8)14-9(15)4-6-17-10(11,12)13/h2-3,5,7H,4,6H2,1H3,(H,14,15)/t7-/m1/s1. The summed E-state index contributed by atoms with van der Waals surface area (Å²) < 4.78 is 35.5. The average Bonchev–Trinajstić information content (AvgIpc) is 2.67. The first-order valence-electron chi connectivity index (χ1n) is 4.92. The Bertz CT molecular complexity index is 351. The van der Waals surface area contributed by atoms with Crippen molar-refractivity contribution in [1.29, 1.82) is 0 Å². The normalized spacial score (nSPS) is 13.4. The summed E-state index contributed by atoms with van der Waals surface area (Å²) in [5, 5.41) is 4.55. The molecule has 1 amide bonds. The summed E-state index contributed by atoms with van der Waals surface area (Å²) in [4.78, 5) is 12.3. The van der Waals surface area contributed by atoms with Crippen LogP contribution in [-0.2, 0) is 4.79 Å². The Hall–Kier alpha value is -0.690. The van der Waals surface area contributed by atoms with Gasteiger partial charge in [0.25, 0.3) is 0 Å². The van der Waals surface area contributed by atoms with Gasteiger partial charge in [0.2, 0.25) is 5.91 Å². The molecule has 0 radical (unpaired) electrons. The van der Waals surface area contributed by atoms with E-state index in [9.17, 15) is 18.0 Å². The molecule has 1 rings (SSSR count). The van der Waals surface area contributed by atoms with E-state index in [0.29, 0.717) is 0 Å². The summed E-state index contributed by atoms with van der Waals surface area (Å²) >= 11 is 1.33. The lowest BCUT2D eigenvalue weighted by Crippen LogP contribution is -2.26. The summed E-state index contributed by atoms with van der Waals surface area (Å²) in [6, 6.07) is 3.58. The van der Waals surface area contributed by atoms with Gasteiger partial charge in [0, 0.05) is 17.1 Å². The largest absolute Gasteiger partial charge is 0.441 e. The van der Waals surface area contributed by atoms with Gasteiger partial charge in [0.05, 0.1) is 6.04 Å². The first kappa shape index (κ1) is 14.4. The number of halogens is 3. The molecule has 0 saturated heterocycles. The van der Waals surface area contributed by atoms with Crippen LogP contribution in [0.5, 0.6) is 0 Å². The highest BCUT2D eigenvalue weighted by molar-refractivity contribution is 8.00. The molecule has 0 saturated carbocycles. The van der Waals surface area contributed by atoms with Gasteiger partial charge in [-0.2, -0.15) is 13.2 Å². The van der Waals surface area contributed by atoms with Crippen LogP contribution >= 0.6 is 23.1 Å². The highest BCUT2D eigenvalue weighted by Gasteiger charge is 2.28. The molecule has 0 unspecified atom stereocenters. The third-order valence-electron chi connectivity index (χ3n) is 1.94. The Kier molecular flexibility index (Phi) is 5.32. The van der Waals surface area contributed by atoms with Crippen molar-refractivity contribution in [2.75, 3.05) is 5.75 Å². The van der Waals surface area contributed by atoms with E-state index in [1.807, 2.05) is 17.5 Å². The first-order valence-corrected chi connectivity index (χ1v) is 6.78. The van der Waals surface area contributed by atoms with E-state index in [0.717, 1.165) is 4.88 Å². The molecule has 17 heavy (non-hydrogen) atoms. The molecule has 1 heterocycles. The SMILES string of the molecule is C[C@@H](NC(=O)CCSC(F)(F)F)c1cccs1. The van der Waals surface area contributed by atoms with Crippen molar-refractivity contribution in [2.24, 2.45) is 0 Å². The van der Waals surface area contributed by atoms with E-state index < -0.39 is 5.51 Å². The Labute approximate surface area is 106 Å². The van der Waals surface area contributed by atoms with Crippen LogP contribution in [0.3, 0.4) is 0 Å². The number of hydrogen-bond acceptors (Lipinski definition) is 3. The molecule has 0 fully saturated rings. The van der Waals surface area contributed by atoms with Crippen LogP contribution < -0.4 is 5.32 Å². The summed E-state index contributed by atoms with van der Waals surface area (Å²) in [6.45, 7) is 1.81.